The van der Waals surface area contributed by atoms with E-state index in [2.05, 4.69) is 109 Å². The maximum Gasteiger partial charge on any atom is 0.0825 e. The Morgan fingerprint density at radius 1 is 0.822 bits per heavy atom. The third-order valence-corrected chi connectivity index (χ3v) is 12.8. The largest absolute Gasteiger partial charge is 0.371 e. The van der Waals surface area contributed by atoms with Crippen LogP contribution in [0.3, 0.4) is 0 Å². The molecule has 8 rings (SSSR count). The van der Waals surface area contributed by atoms with Gasteiger partial charge in [-0.25, -0.2) is 0 Å². The Balaban J connectivity index is 1.28. The molecule has 4 heterocycles. The lowest BCUT2D eigenvalue weighted by molar-refractivity contribution is 0.0627. The fourth-order valence-corrected chi connectivity index (χ4v) is 10.6. The SMILES string of the molecule is CC1C2C=CC=CC2C2C3C=CC=CC3C(C)(C)C2CN(C2=CC(c3cccnc3)=NC(c3cccnc3)C2)C2CCCCC12. The predicted octanol–water partition coefficient (Wildman–Crippen LogP) is 8.79. The van der Waals surface area contributed by atoms with Gasteiger partial charge in [0, 0.05) is 55.1 Å². The van der Waals surface area contributed by atoms with Crippen molar-refractivity contribution in [3.05, 3.63) is 121 Å². The topological polar surface area (TPSA) is 41.4 Å². The summed E-state index contributed by atoms with van der Waals surface area (Å²) in [4.78, 5) is 17.3. The van der Waals surface area contributed by atoms with Crippen LogP contribution in [0.15, 0.2) is 114 Å². The minimum atomic E-state index is 0.0512. The summed E-state index contributed by atoms with van der Waals surface area (Å²) in [6.45, 7) is 8.90. The van der Waals surface area contributed by atoms with Crippen molar-refractivity contribution in [1.29, 1.82) is 0 Å². The molecule has 10 atom stereocenters. The zero-order valence-corrected chi connectivity index (χ0v) is 27.1. The molecule has 1 saturated heterocycles. The summed E-state index contributed by atoms with van der Waals surface area (Å²) in [6.07, 6.45) is 36.1. The highest BCUT2D eigenvalue weighted by atomic mass is 15.2. The monoisotopic (exact) mass is 596 g/mol. The molecular formula is C41H48N4. The molecule has 6 aliphatic rings. The highest BCUT2D eigenvalue weighted by molar-refractivity contribution is 6.09. The van der Waals surface area contributed by atoms with E-state index in [1.807, 2.05) is 30.9 Å². The van der Waals surface area contributed by atoms with Crippen LogP contribution >= 0.6 is 0 Å². The summed E-state index contributed by atoms with van der Waals surface area (Å²) in [5.74, 6) is 4.85. The molecule has 4 aliphatic carbocycles. The molecule has 2 aromatic heterocycles. The van der Waals surface area contributed by atoms with Crippen LogP contribution in [-0.4, -0.2) is 33.2 Å². The van der Waals surface area contributed by atoms with Crippen LogP contribution in [0.1, 0.15) is 70.0 Å². The third kappa shape index (κ3) is 5.00. The molecule has 0 N–H and O–H groups in total. The number of aromatic nitrogens is 2. The average molecular weight is 597 g/mol. The van der Waals surface area contributed by atoms with Crippen LogP contribution in [-0.2, 0) is 0 Å². The Morgan fingerprint density at radius 3 is 2.33 bits per heavy atom. The van der Waals surface area contributed by atoms with Gasteiger partial charge < -0.3 is 4.90 Å². The van der Waals surface area contributed by atoms with Crippen LogP contribution in [0.2, 0.25) is 0 Å². The first-order chi connectivity index (χ1) is 22.0. The smallest absolute Gasteiger partial charge is 0.0825 e. The number of nitrogens with zero attached hydrogens (tertiary/aromatic N) is 4. The second-order valence-electron chi connectivity index (χ2n) is 15.2. The predicted molar refractivity (Wildman–Crippen MR) is 183 cm³/mol. The van der Waals surface area contributed by atoms with Crippen molar-refractivity contribution in [3.8, 4) is 0 Å². The molecular weight excluding hydrogens is 548 g/mol. The van der Waals surface area contributed by atoms with E-state index in [1.54, 1.807) is 0 Å². The minimum absolute atomic E-state index is 0.0512. The first kappa shape index (κ1) is 28.9. The molecule has 10 unspecified atom stereocenters. The van der Waals surface area contributed by atoms with Crippen molar-refractivity contribution < 1.29 is 0 Å². The standard InChI is InChI=1S/C41H48N4/c1-27-31-14-4-5-16-33(31)40-34-17-6-8-18-35(34)41(2,3)36(40)26-45(39-19-9-7-15-32(27)39)30-22-37(28-12-10-20-42-24-28)44-38(23-30)29-13-11-21-43-25-29/h4-6,8,10-14,16-18,20-22,24-25,27,31-36,38-40H,7,9,15,19,23,26H2,1-3H3. The van der Waals surface area contributed by atoms with Crippen LogP contribution in [0.5, 0.6) is 0 Å². The van der Waals surface area contributed by atoms with E-state index in [0.717, 1.165) is 24.2 Å². The summed E-state index contributed by atoms with van der Waals surface area (Å²) >= 11 is 0. The van der Waals surface area contributed by atoms with Gasteiger partial charge in [-0.05, 0) is 95.4 Å². The number of aliphatic imine (C=N–C) groups is 1. The molecule has 45 heavy (non-hydrogen) atoms. The van der Waals surface area contributed by atoms with E-state index in [1.165, 1.54) is 36.9 Å². The van der Waals surface area contributed by atoms with Gasteiger partial charge in [0.25, 0.3) is 0 Å². The molecule has 0 radical (unpaired) electrons. The zero-order valence-electron chi connectivity index (χ0n) is 27.1. The van der Waals surface area contributed by atoms with Gasteiger partial charge in [-0.3, -0.25) is 15.0 Å². The van der Waals surface area contributed by atoms with Gasteiger partial charge in [-0.15, -0.1) is 0 Å². The Bertz CT molecular complexity index is 1560. The van der Waals surface area contributed by atoms with Crippen LogP contribution in [0.4, 0.5) is 0 Å². The molecule has 0 aromatic carbocycles. The maximum atomic E-state index is 5.36. The minimum Gasteiger partial charge on any atom is -0.371 e. The lowest BCUT2D eigenvalue weighted by Crippen LogP contribution is -2.48. The summed E-state index contributed by atoms with van der Waals surface area (Å²) in [5.41, 5.74) is 5.02. The van der Waals surface area contributed by atoms with Gasteiger partial charge in [-0.1, -0.05) is 88.3 Å². The van der Waals surface area contributed by atoms with Crippen molar-refractivity contribution >= 4 is 5.71 Å². The molecule has 2 aromatic rings. The second-order valence-corrected chi connectivity index (χ2v) is 15.2. The van der Waals surface area contributed by atoms with Gasteiger partial charge in [0.15, 0.2) is 0 Å². The molecule has 0 bridgehead atoms. The van der Waals surface area contributed by atoms with Crippen molar-refractivity contribution in [2.24, 2.45) is 57.8 Å². The van der Waals surface area contributed by atoms with Crippen molar-refractivity contribution in [2.75, 3.05) is 6.54 Å². The summed E-state index contributed by atoms with van der Waals surface area (Å²) < 4.78 is 0. The molecule has 0 spiro atoms. The Morgan fingerprint density at radius 2 is 1.56 bits per heavy atom. The molecule has 232 valence electrons. The number of pyridine rings is 2. The molecule has 0 amide bonds. The van der Waals surface area contributed by atoms with E-state index in [4.69, 9.17) is 4.99 Å². The Labute approximate surface area is 269 Å². The number of fused-ring (bicyclic) bond motifs is 6. The first-order valence-electron chi connectivity index (χ1n) is 17.6. The molecule has 2 saturated carbocycles. The van der Waals surface area contributed by atoms with Crippen LogP contribution in [0.25, 0.3) is 0 Å². The molecule has 4 heteroatoms. The van der Waals surface area contributed by atoms with E-state index >= 15 is 0 Å². The lowest BCUT2D eigenvalue weighted by atomic mass is 9.63. The van der Waals surface area contributed by atoms with E-state index in [9.17, 15) is 0 Å². The quantitative estimate of drug-likeness (QED) is 0.356. The lowest BCUT2D eigenvalue weighted by Gasteiger charge is -2.48. The number of rotatable bonds is 3. The molecule has 3 fully saturated rings. The second kappa shape index (κ2) is 11.7. The number of dihydropyridines is 1. The number of allylic oxidation sites excluding steroid dienone is 9. The van der Waals surface area contributed by atoms with Crippen molar-refractivity contribution in [1.82, 2.24) is 14.9 Å². The van der Waals surface area contributed by atoms with Gasteiger partial charge in [0.1, 0.15) is 0 Å². The average Bonchev–Trinajstić information content (AvgIpc) is 3.34. The van der Waals surface area contributed by atoms with Gasteiger partial charge >= 0.3 is 0 Å². The van der Waals surface area contributed by atoms with Crippen LogP contribution < -0.4 is 0 Å². The zero-order chi connectivity index (χ0) is 30.5. The van der Waals surface area contributed by atoms with E-state index < -0.39 is 0 Å². The fourth-order valence-electron chi connectivity index (χ4n) is 10.6. The Hall–Kier alpha value is -3.53. The molecule has 2 aliphatic heterocycles. The Kier molecular flexibility index (Phi) is 7.50. The fraction of sp³-hybridized carbons (Fsp3) is 0.488. The highest BCUT2D eigenvalue weighted by Crippen LogP contribution is 2.62. The number of hydrogen-bond donors (Lipinski definition) is 0. The van der Waals surface area contributed by atoms with Gasteiger partial charge in [-0.2, -0.15) is 0 Å². The normalized spacial score (nSPS) is 38.1. The molecule has 4 nitrogen and oxygen atoms in total. The highest BCUT2D eigenvalue weighted by Gasteiger charge is 2.58. The van der Waals surface area contributed by atoms with Crippen molar-refractivity contribution in [2.45, 2.75) is 65.0 Å². The maximum absolute atomic E-state index is 5.36. The van der Waals surface area contributed by atoms with Crippen molar-refractivity contribution in [3.63, 3.8) is 0 Å². The van der Waals surface area contributed by atoms with E-state index in [0.29, 0.717) is 53.4 Å². The van der Waals surface area contributed by atoms with E-state index in [-0.39, 0.29) is 11.5 Å². The van der Waals surface area contributed by atoms with Crippen LogP contribution in [0, 0.1) is 52.8 Å². The van der Waals surface area contributed by atoms with Gasteiger partial charge in [0.2, 0.25) is 0 Å². The first-order valence-corrected chi connectivity index (χ1v) is 17.6. The summed E-state index contributed by atoms with van der Waals surface area (Å²) in [5, 5.41) is 0. The third-order valence-electron chi connectivity index (χ3n) is 12.8. The number of hydrogen-bond acceptors (Lipinski definition) is 4. The van der Waals surface area contributed by atoms with Gasteiger partial charge in [0.05, 0.1) is 11.8 Å². The summed E-state index contributed by atoms with van der Waals surface area (Å²) in [6, 6.07) is 9.07. The summed E-state index contributed by atoms with van der Waals surface area (Å²) in [7, 11) is 0.